The van der Waals surface area contributed by atoms with Crippen molar-refractivity contribution in [3.63, 3.8) is 0 Å². The first-order valence-corrected chi connectivity index (χ1v) is 13.0. The lowest BCUT2D eigenvalue weighted by Crippen LogP contribution is -2.42. The fourth-order valence-corrected chi connectivity index (χ4v) is 5.96. The van der Waals surface area contributed by atoms with E-state index in [1.54, 1.807) is 6.92 Å². The number of carbonyl (C=O) groups excluding carboxylic acids is 2. The molecule has 8 nitrogen and oxygen atoms in total. The summed E-state index contributed by atoms with van der Waals surface area (Å²) in [6.45, 7) is 5.99. The van der Waals surface area contributed by atoms with E-state index in [9.17, 15) is 9.59 Å². The van der Waals surface area contributed by atoms with Crippen molar-refractivity contribution in [2.45, 2.75) is 58.8 Å². The van der Waals surface area contributed by atoms with Crippen molar-refractivity contribution < 1.29 is 14.3 Å². The molecule has 1 saturated carbocycles. The molecule has 36 heavy (non-hydrogen) atoms. The van der Waals surface area contributed by atoms with Gasteiger partial charge in [0.05, 0.1) is 30.6 Å². The highest BCUT2D eigenvalue weighted by atomic mass is 16.2. The van der Waals surface area contributed by atoms with Crippen LogP contribution in [-0.4, -0.2) is 62.0 Å². The number of ketones is 1. The number of hydrogen-bond acceptors (Lipinski definition) is 5. The summed E-state index contributed by atoms with van der Waals surface area (Å²) in [6.07, 6.45) is 9.50. The zero-order valence-electron chi connectivity index (χ0n) is 21.4. The average molecular weight is 486 g/mol. The van der Waals surface area contributed by atoms with E-state index in [1.165, 1.54) is 33.8 Å². The van der Waals surface area contributed by atoms with Gasteiger partial charge < -0.3 is 14.4 Å². The van der Waals surface area contributed by atoms with Crippen LogP contribution in [0.15, 0.2) is 41.0 Å². The van der Waals surface area contributed by atoms with Crippen molar-refractivity contribution in [2.75, 3.05) is 24.5 Å². The summed E-state index contributed by atoms with van der Waals surface area (Å²) in [7, 11) is 2.00. The molecule has 1 aromatic carbocycles. The third-order valence-electron chi connectivity index (χ3n) is 7.95. The maximum absolute atomic E-state index is 12.3. The van der Waals surface area contributed by atoms with Gasteiger partial charge >= 0.3 is 0 Å². The summed E-state index contributed by atoms with van der Waals surface area (Å²) in [5, 5.41) is 5.21. The molecule has 0 unspecified atom stereocenters. The number of benzene rings is 1. The van der Waals surface area contributed by atoms with Crippen LogP contribution in [0.1, 0.15) is 56.6 Å². The topological polar surface area (TPSA) is 73.8 Å². The van der Waals surface area contributed by atoms with Crippen LogP contribution in [0.2, 0.25) is 0 Å². The van der Waals surface area contributed by atoms with E-state index in [1.807, 2.05) is 22.8 Å². The minimum absolute atomic E-state index is 0.102. The second-order valence-corrected chi connectivity index (χ2v) is 10.4. The fraction of sp³-hybridized carbons (Fsp3) is 0.464. The number of nitrogens with zero attached hydrogens (tertiary/aromatic N) is 6. The molecule has 0 radical (unpaired) electrons. The monoisotopic (exact) mass is 485 g/mol. The van der Waals surface area contributed by atoms with Crippen LogP contribution in [0.25, 0.3) is 11.3 Å². The molecule has 0 spiro atoms. The molecule has 4 heterocycles. The van der Waals surface area contributed by atoms with E-state index in [0.29, 0.717) is 31.7 Å². The van der Waals surface area contributed by atoms with Gasteiger partial charge in [0.25, 0.3) is 0 Å². The summed E-state index contributed by atoms with van der Waals surface area (Å²) in [5.74, 6) is 1.41. The van der Waals surface area contributed by atoms with Gasteiger partial charge in [0.2, 0.25) is 17.4 Å². The van der Waals surface area contributed by atoms with Gasteiger partial charge in [-0.25, -0.2) is 4.98 Å². The number of amidine groups is 1. The van der Waals surface area contributed by atoms with E-state index in [0.717, 1.165) is 55.8 Å². The number of Topliss-reactive ketones (excluding diaryl/α,β-unsaturated/α-hetero) is 1. The predicted molar refractivity (Wildman–Crippen MR) is 139 cm³/mol. The summed E-state index contributed by atoms with van der Waals surface area (Å²) in [5.41, 5.74) is 9.47. The highest BCUT2D eigenvalue weighted by molar-refractivity contribution is 6.12. The third kappa shape index (κ3) is 3.88. The number of aromatic nitrogens is 2. The van der Waals surface area contributed by atoms with Gasteiger partial charge in [-0.1, -0.05) is 4.68 Å². The molecule has 3 aliphatic heterocycles. The number of amides is 1. The number of carbonyl (C=O) groups is 2. The minimum Gasteiger partial charge on any atom is -0.340 e. The van der Waals surface area contributed by atoms with Crippen molar-refractivity contribution in [2.24, 2.45) is 12.1 Å². The maximum atomic E-state index is 12.3. The Morgan fingerprint density at radius 1 is 1.06 bits per heavy atom. The van der Waals surface area contributed by atoms with Crippen LogP contribution in [0, 0.1) is 6.92 Å². The molecule has 0 saturated heterocycles. The molecule has 0 atom stereocenters. The summed E-state index contributed by atoms with van der Waals surface area (Å²) in [4.78, 5) is 33.1. The normalized spacial score (nSPS) is 20.1. The summed E-state index contributed by atoms with van der Waals surface area (Å²) < 4.78 is 4.12. The number of anilines is 1. The molecule has 8 heteroatoms. The Hall–Kier alpha value is -3.55. The Bertz CT molecular complexity index is 1370. The largest absolute Gasteiger partial charge is 0.340 e. The van der Waals surface area contributed by atoms with E-state index in [-0.39, 0.29) is 5.91 Å². The first-order chi connectivity index (χ1) is 17.4. The first kappa shape index (κ1) is 22.9. The molecule has 4 aliphatic rings. The molecule has 2 aromatic rings. The number of rotatable bonds is 1. The fourth-order valence-electron chi connectivity index (χ4n) is 5.96. The lowest BCUT2D eigenvalue weighted by atomic mass is 9.93. The van der Waals surface area contributed by atoms with Crippen LogP contribution < -0.4 is 4.90 Å². The quantitative estimate of drug-likeness (QED) is 0.579. The summed E-state index contributed by atoms with van der Waals surface area (Å²) in [6, 6.07) is 4.58. The number of imidazole rings is 1. The zero-order valence-corrected chi connectivity index (χ0v) is 21.4. The Kier molecular flexibility index (Phi) is 5.62. The van der Waals surface area contributed by atoms with Crippen molar-refractivity contribution in [3.8, 4) is 11.3 Å². The van der Waals surface area contributed by atoms with Crippen LogP contribution in [0.4, 0.5) is 5.69 Å². The van der Waals surface area contributed by atoms with Crippen LogP contribution in [0.3, 0.4) is 0 Å². The predicted octanol–water partition coefficient (Wildman–Crippen LogP) is 3.58. The third-order valence-corrected chi connectivity index (χ3v) is 7.95. The number of hydrazone groups is 1. The van der Waals surface area contributed by atoms with Gasteiger partial charge in [0, 0.05) is 75.3 Å². The van der Waals surface area contributed by atoms with Gasteiger partial charge in [-0.3, -0.25) is 9.59 Å². The second-order valence-electron chi connectivity index (χ2n) is 10.4. The van der Waals surface area contributed by atoms with Crippen LogP contribution in [-0.2, 0) is 23.1 Å². The molecule has 0 N–H and O–H groups in total. The molecular weight excluding hydrogens is 452 g/mol. The SMILES string of the molecule is CC(=O)N1CCC2=C(C1)C(N1CCCc3cc(-c4cn(C)cn4)c(C)cc31)=N[N+]2=C1CCC(=O)CC1. The van der Waals surface area contributed by atoms with Crippen molar-refractivity contribution >= 4 is 28.9 Å². The van der Waals surface area contributed by atoms with Crippen molar-refractivity contribution in [1.29, 1.82) is 0 Å². The maximum Gasteiger partial charge on any atom is 0.225 e. The van der Waals surface area contributed by atoms with Gasteiger partial charge in [-0.15, -0.1) is 0 Å². The van der Waals surface area contributed by atoms with E-state index in [4.69, 9.17) is 5.10 Å². The Morgan fingerprint density at radius 2 is 1.86 bits per heavy atom. The Labute approximate surface area is 211 Å². The first-order valence-electron chi connectivity index (χ1n) is 13.0. The molecule has 6 rings (SSSR count). The summed E-state index contributed by atoms with van der Waals surface area (Å²) >= 11 is 0. The van der Waals surface area contributed by atoms with E-state index >= 15 is 0 Å². The zero-order chi connectivity index (χ0) is 25.0. The highest BCUT2D eigenvalue weighted by Crippen LogP contribution is 2.37. The Morgan fingerprint density at radius 3 is 2.58 bits per heavy atom. The van der Waals surface area contributed by atoms with Crippen LogP contribution in [0.5, 0.6) is 0 Å². The lowest BCUT2D eigenvalue weighted by molar-refractivity contribution is -0.484. The minimum atomic E-state index is 0.102. The number of hydrogen-bond donors (Lipinski definition) is 0. The van der Waals surface area contributed by atoms with E-state index in [2.05, 4.69) is 39.8 Å². The van der Waals surface area contributed by atoms with Gasteiger partial charge in [0.15, 0.2) is 5.71 Å². The molecule has 186 valence electrons. The highest BCUT2D eigenvalue weighted by Gasteiger charge is 2.42. The van der Waals surface area contributed by atoms with Crippen molar-refractivity contribution in [3.05, 3.63) is 47.1 Å². The molecule has 1 aromatic heterocycles. The average Bonchev–Trinajstić information content (AvgIpc) is 3.47. The Balaban J connectivity index is 1.43. The van der Waals surface area contributed by atoms with Gasteiger partial charge in [-0.05, 0) is 43.0 Å². The lowest BCUT2D eigenvalue weighted by Gasteiger charge is -2.33. The van der Waals surface area contributed by atoms with Gasteiger partial charge in [0.1, 0.15) is 5.78 Å². The van der Waals surface area contributed by atoms with E-state index < -0.39 is 0 Å². The van der Waals surface area contributed by atoms with Gasteiger partial charge in [-0.2, -0.15) is 0 Å². The van der Waals surface area contributed by atoms with Crippen molar-refractivity contribution in [1.82, 2.24) is 14.5 Å². The number of aryl methyl sites for hydroxylation is 3. The molecule has 1 amide bonds. The van der Waals surface area contributed by atoms with Crippen LogP contribution >= 0.6 is 0 Å². The standard InChI is InChI=1S/C28H33N6O2/c1-18-13-27-20(14-23(18)25-16-31(3)17-29-25)5-4-11-33(27)28-24-15-32(19(2)35)12-10-26(24)34(30-28)21-6-8-22(36)9-7-21/h13-14,16-17H,4-12,15H2,1-3H3/q+1. The molecule has 1 aliphatic carbocycles. The molecule has 1 fully saturated rings. The molecule has 0 bridgehead atoms. The molecular formula is C28H33N6O2+. The smallest absolute Gasteiger partial charge is 0.225 e. The second kappa shape index (κ2) is 8.84. The number of fused-ring (bicyclic) bond motifs is 1.